The molecule has 1 atom stereocenters. The van der Waals surface area contributed by atoms with Gasteiger partial charge in [-0.3, -0.25) is 4.79 Å². The molecule has 1 amide bonds. The zero-order valence-corrected chi connectivity index (χ0v) is 17.9. The molecule has 0 bridgehead atoms. The average Bonchev–Trinajstić information content (AvgIpc) is 3.14. The van der Waals surface area contributed by atoms with Crippen molar-refractivity contribution < 1.29 is 23.4 Å². The standard InChI is InChI=1S/C22H26ClFN2O4/c1-15-4-3-9-26(15)20-7-6-17(13-19(20)24)25-22(27)18-12-16(23)5-8-21(18)30-14-29-11-10-28-2/h5-8,12-13,15H,3-4,9-11,14H2,1-2H3,(H,25,27). The smallest absolute Gasteiger partial charge is 0.259 e. The fourth-order valence-electron chi connectivity index (χ4n) is 3.42. The minimum absolute atomic E-state index is 0.0391. The third-order valence-corrected chi connectivity index (χ3v) is 5.22. The van der Waals surface area contributed by atoms with Crippen molar-refractivity contribution in [2.24, 2.45) is 0 Å². The van der Waals surface area contributed by atoms with E-state index < -0.39 is 5.91 Å². The zero-order valence-electron chi connectivity index (χ0n) is 17.1. The maximum absolute atomic E-state index is 14.7. The van der Waals surface area contributed by atoms with Crippen molar-refractivity contribution in [1.82, 2.24) is 0 Å². The van der Waals surface area contributed by atoms with E-state index in [4.69, 9.17) is 25.8 Å². The number of anilines is 2. The molecule has 1 aliphatic rings. The summed E-state index contributed by atoms with van der Waals surface area (Å²) in [6.07, 6.45) is 2.09. The number of nitrogens with one attached hydrogen (secondary N) is 1. The molecule has 1 heterocycles. The second-order valence-corrected chi connectivity index (χ2v) is 7.55. The molecule has 162 valence electrons. The van der Waals surface area contributed by atoms with E-state index in [1.165, 1.54) is 12.1 Å². The normalized spacial score (nSPS) is 16.0. The molecule has 1 aliphatic heterocycles. The average molecular weight is 437 g/mol. The van der Waals surface area contributed by atoms with E-state index in [9.17, 15) is 9.18 Å². The van der Waals surface area contributed by atoms with Crippen LogP contribution in [0.4, 0.5) is 15.8 Å². The van der Waals surface area contributed by atoms with Crippen molar-refractivity contribution in [2.45, 2.75) is 25.8 Å². The Morgan fingerprint density at radius 2 is 2.10 bits per heavy atom. The molecule has 2 aromatic rings. The summed E-state index contributed by atoms with van der Waals surface area (Å²) in [7, 11) is 1.58. The molecule has 0 radical (unpaired) electrons. The molecule has 2 aromatic carbocycles. The first-order chi connectivity index (χ1) is 14.5. The molecule has 0 saturated carbocycles. The van der Waals surface area contributed by atoms with E-state index in [0.717, 1.165) is 19.4 Å². The highest BCUT2D eigenvalue weighted by atomic mass is 35.5. The van der Waals surface area contributed by atoms with Crippen LogP contribution in [0.2, 0.25) is 5.02 Å². The summed E-state index contributed by atoms with van der Waals surface area (Å²) in [5, 5.41) is 3.10. The number of ether oxygens (including phenoxy) is 3. The van der Waals surface area contributed by atoms with Crippen LogP contribution >= 0.6 is 11.6 Å². The predicted octanol–water partition coefficient (Wildman–Crippen LogP) is 4.72. The van der Waals surface area contributed by atoms with Crippen molar-refractivity contribution >= 4 is 28.9 Å². The number of nitrogens with zero attached hydrogens (tertiary/aromatic N) is 1. The van der Waals surface area contributed by atoms with Crippen LogP contribution in [0.3, 0.4) is 0 Å². The van der Waals surface area contributed by atoms with Gasteiger partial charge in [0.05, 0.1) is 24.5 Å². The molecular weight excluding hydrogens is 411 g/mol. The second-order valence-electron chi connectivity index (χ2n) is 7.11. The van der Waals surface area contributed by atoms with Crippen molar-refractivity contribution in [1.29, 1.82) is 0 Å². The molecule has 0 aromatic heterocycles. The molecule has 0 spiro atoms. The van der Waals surface area contributed by atoms with Gasteiger partial charge < -0.3 is 24.4 Å². The predicted molar refractivity (Wildman–Crippen MR) is 115 cm³/mol. The zero-order chi connectivity index (χ0) is 21.5. The molecule has 1 N–H and O–H groups in total. The minimum atomic E-state index is -0.453. The van der Waals surface area contributed by atoms with Gasteiger partial charge >= 0.3 is 0 Å². The van der Waals surface area contributed by atoms with Gasteiger partial charge in [-0.05, 0) is 56.2 Å². The molecule has 3 rings (SSSR count). The van der Waals surface area contributed by atoms with Gasteiger partial charge in [0.1, 0.15) is 11.6 Å². The SMILES string of the molecule is COCCOCOc1ccc(Cl)cc1C(=O)Nc1ccc(N2CCCC2C)c(F)c1. The maximum Gasteiger partial charge on any atom is 0.259 e. The summed E-state index contributed by atoms with van der Waals surface area (Å²) in [4.78, 5) is 14.8. The van der Waals surface area contributed by atoms with Crippen LogP contribution in [0, 0.1) is 5.82 Å². The summed E-state index contributed by atoms with van der Waals surface area (Å²) in [6.45, 7) is 3.69. The Kier molecular flexibility index (Phi) is 7.90. The van der Waals surface area contributed by atoms with Crippen LogP contribution in [-0.2, 0) is 9.47 Å². The Bertz CT molecular complexity index is 880. The lowest BCUT2D eigenvalue weighted by Gasteiger charge is -2.24. The highest BCUT2D eigenvalue weighted by Crippen LogP contribution is 2.30. The van der Waals surface area contributed by atoms with Crippen LogP contribution in [0.1, 0.15) is 30.1 Å². The number of carbonyl (C=O) groups is 1. The number of amides is 1. The highest BCUT2D eigenvalue weighted by molar-refractivity contribution is 6.31. The topological polar surface area (TPSA) is 60.0 Å². The molecular formula is C22H26ClFN2O4. The number of hydrogen-bond acceptors (Lipinski definition) is 5. The summed E-state index contributed by atoms with van der Waals surface area (Å²) in [5.74, 6) is -0.501. The lowest BCUT2D eigenvalue weighted by Crippen LogP contribution is -2.27. The fourth-order valence-corrected chi connectivity index (χ4v) is 3.59. The summed E-state index contributed by atoms with van der Waals surface area (Å²) in [6, 6.07) is 9.74. The van der Waals surface area contributed by atoms with Gasteiger partial charge in [0.25, 0.3) is 5.91 Å². The van der Waals surface area contributed by atoms with Gasteiger partial charge in [0, 0.05) is 30.4 Å². The Morgan fingerprint density at radius 3 is 2.80 bits per heavy atom. The summed E-state index contributed by atoms with van der Waals surface area (Å²) in [5.41, 5.74) is 1.14. The lowest BCUT2D eigenvalue weighted by atomic mass is 10.1. The first-order valence-corrected chi connectivity index (χ1v) is 10.2. The van der Waals surface area contributed by atoms with E-state index in [2.05, 4.69) is 12.2 Å². The number of halogens is 2. The molecule has 30 heavy (non-hydrogen) atoms. The van der Waals surface area contributed by atoms with Gasteiger partial charge in [0.2, 0.25) is 0 Å². The summed E-state index contributed by atoms with van der Waals surface area (Å²) >= 11 is 6.05. The van der Waals surface area contributed by atoms with Crippen LogP contribution < -0.4 is 15.0 Å². The Labute approximate surface area is 180 Å². The van der Waals surface area contributed by atoms with Crippen molar-refractivity contribution in [2.75, 3.05) is 43.9 Å². The van der Waals surface area contributed by atoms with Crippen molar-refractivity contribution in [3.63, 3.8) is 0 Å². The first-order valence-electron chi connectivity index (χ1n) is 9.86. The van der Waals surface area contributed by atoms with Crippen LogP contribution in [0.25, 0.3) is 0 Å². The highest BCUT2D eigenvalue weighted by Gasteiger charge is 2.23. The van der Waals surface area contributed by atoms with Gasteiger partial charge in [-0.15, -0.1) is 0 Å². The van der Waals surface area contributed by atoms with Crippen LogP contribution in [0.15, 0.2) is 36.4 Å². The quantitative estimate of drug-likeness (QED) is 0.455. The van der Waals surface area contributed by atoms with Crippen molar-refractivity contribution in [3.8, 4) is 5.75 Å². The van der Waals surface area contributed by atoms with E-state index in [-0.39, 0.29) is 18.2 Å². The first kappa shape index (κ1) is 22.3. The third-order valence-electron chi connectivity index (χ3n) is 4.98. The fraction of sp³-hybridized carbons (Fsp3) is 0.409. The Morgan fingerprint density at radius 1 is 1.27 bits per heavy atom. The van der Waals surface area contributed by atoms with Crippen molar-refractivity contribution in [3.05, 3.63) is 52.8 Å². The molecule has 8 heteroatoms. The number of rotatable bonds is 9. The van der Waals surface area contributed by atoms with Gasteiger partial charge in [-0.1, -0.05) is 11.6 Å². The molecule has 1 unspecified atom stereocenters. The molecule has 6 nitrogen and oxygen atoms in total. The molecule has 1 saturated heterocycles. The van der Waals surface area contributed by atoms with E-state index in [1.54, 1.807) is 31.4 Å². The Hall–Kier alpha value is -2.35. The van der Waals surface area contributed by atoms with E-state index >= 15 is 0 Å². The number of carbonyl (C=O) groups excluding carboxylic acids is 1. The molecule has 1 fully saturated rings. The number of methoxy groups -OCH3 is 1. The largest absolute Gasteiger partial charge is 0.467 e. The van der Waals surface area contributed by atoms with Gasteiger partial charge in [-0.2, -0.15) is 0 Å². The van der Waals surface area contributed by atoms with Crippen LogP contribution in [-0.4, -0.2) is 45.6 Å². The number of hydrogen-bond donors (Lipinski definition) is 1. The maximum atomic E-state index is 14.7. The second kappa shape index (κ2) is 10.6. The number of benzene rings is 2. The minimum Gasteiger partial charge on any atom is -0.467 e. The molecule has 0 aliphatic carbocycles. The monoisotopic (exact) mass is 436 g/mol. The third kappa shape index (κ3) is 5.62. The van der Waals surface area contributed by atoms with E-state index in [1.807, 2.05) is 4.90 Å². The van der Waals surface area contributed by atoms with E-state index in [0.29, 0.717) is 41.4 Å². The van der Waals surface area contributed by atoms with Gasteiger partial charge in [-0.25, -0.2) is 4.39 Å². The van der Waals surface area contributed by atoms with Crippen LogP contribution in [0.5, 0.6) is 5.75 Å². The van der Waals surface area contributed by atoms with Gasteiger partial charge in [0.15, 0.2) is 6.79 Å². The summed E-state index contributed by atoms with van der Waals surface area (Å²) < 4.78 is 30.4. The lowest BCUT2D eigenvalue weighted by molar-refractivity contribution is -0.00872. The Balaban J connectivity index is 1.69.